The predicted molar refractivity (Wildman–Crippen MR) is 149 cm³/mol. The third-order valence-corrected chi connectivity index (χ3v) is 7.80. The highest BCUT2D eigenvalue weighted by molar-refractivity contribution is 7.90. The second kappa shape index (κ2) is 10.6. The van der Waals surface area contributed by atoms with Gasteiger partial charge in [0.2, 0.25) is 0 Å². The maximum Gasteiger partial charge on any atom is 0.344 e. The number of nitrogens with zero attached hydrogens (tertiary/aromatic N) is 4. The fourth-order valence-electron chi connectivity index (χ4n) is 5.21. The van der Waals surface area contributed by atoms with Gasteiger partial charge in [-0.1, -0.05) is 54.6 Å². The minimum Gasteiger partial charge on any atom is -0.609 e. The first-order valence-electron chi connectivity index (χ1n) is 12.8. The Morgan fingerprint density at radius 1 is 0.946 bits per heavy atom. The molecule has 2 aliphatic rings. The minimum atomic E-state index is -1.25. The summed E-state index contributed by atoms with van der Waals surface area (Å²) in [5.74, 6) is 1.81. The highest BCUT2D eigenvalue weighted by Gasteiger charge is 2.29. The molecule has 37 heavy (non-hydrogen) atoms. The number of ether oxygens (including phenoxy) is 1. The molecule has 4 aromatic rings. The second-order valence-electron chi connectivity index (χ2n) is 9.56. The van der Waals surface area contributed by atoms with E-state index in [0.29, 0.717) is 18.3 Å². The number of nitrogens with one attached hydrogen (secondary N) is 1. The van der Waals surface area contributed by atoms with E-state index in [1.807, 2.05) is 18.2 Å². The van der Waals surface area contributed by atoms with E-state index in [-0.39, 0.29) is 0 Å². The molecular formula is C29H31N5O2S. The average molecular weight is 514 g/mol. The molecule has 3 aromatic carbocycles. The summed E-state index contributed by atoms with van der Waals surface area (Å²) in [5, 5.41) is 6.16. The highest BCUT2D eigenvalue weighted by Crippen LogP contribution is 2.36. The topological polar surface area (TPSA) is 76.6 Å². The zero-order valence-corrected chi connectivity index (χ0v) is 21.8. The van der Waals surface area contributed by atoms with Crippen molar-refractivity contribution in [1.29, 1.82) is 0 Å². The molecule has 0 spiro atoms. The summed E-state index contributed by atoms with van der Waals surface area (Å²) in [4.78, 5) is 14.3. The van der Waals surface area contributed by atoms with Gasteiger partial charge in [0.1, 0.15) is 24.4 Å². The van der Waals surface area contributed by atoms with E-state index in [9.17, 15) is 4.55 Å². The van der Waals surface area contributed by atoms with Crippen LogP contribution in [0.5, 0.6) is 5.75 Å². The smallest absolute Gasteiger partial charge is 0.344 e. The molecule has 0 bridgehead atoms. The van der Waals surface area contributed by atoms with Gasteiger partial charge in [-0.05, 0) is 23.4 Å². The van der Waals surface area contributed by atoms with E-state index < -0.39 is 11.2 Å². The normalized spacial score (nSPS) is 16.5. The maximum atomic E-state index is 12.5. The molecule has 0 saturated carbocycles. The third-order valence-electron chi connectivity index (χ3n) is 7.10. The molecule has 1 unspecified atom stereocenters. The van der Waals surface area contributed by atoms with Gasteiger partial charge in [-0.2, -0.15) is 9.97 Å². The summed E-state index contributed by atoms with van der Waals surface area (Å²) in [6.07, 6.45) is 2.50. The molecule has 1 fully saturated rings. The Balaban J connectivity index is 1.34. The molecule has 1 N–H and O–H groups in total. The molecule has 0 radical (unpaired) electrons. The molecular weight excluding hydrogens is 482 g/mol. The zero-order chi connectivity index (χ0) is 25.2. The first kappa shape index (κ1) is 24.0. The Morgan fingerprint density at radius 2 is 1.73 bits per heavy atom. The number of hydrogen-bond donors (Lipinski definition) is 1. The lowest BCUT2D eigenvalue weighted by Gasteiger charge is -2.35. The lowest BCUT2D eigenvalue weighted by Crippen LogP contribution is -2.45. The van der Waals surface area contributed by atoms with E-state index in [1.54, 1.807) is 6.26 Å². The van der Waals surface area contributed by atoms with Crippen molar-refractivity contribution in [3.05, 3.63) is 83.6 Å². The van der Waals surface area contributed by atoms with Crippen LogP contribution in [0.15, 0.2) is 71.9 Å². The Hall–Kier alpha value is -3.33. The Bertz CT molecular complexity index is 1390. The first-order chi connectivity index (χ1) is 18.2. The summed E-state index contributed by atoms with van der Waals surface area (Å²) in [6.45, 7) is 5.68. The fourth-order valence-corrected chi connectivity index (χ4v) is 5.66. The SMILES string of the molecule is C[S+]([O-])c1nc2c(c(N3CCNCC3)n1)CCN(c1cc(OCc3ccccc3)cc3ccccc13)C2. The van der Waals surface area contributed by atoms with Crippen molar-refractivity contribution in [1.82, 2.24) is 15.3 Å². The van der Waals surface area contributed by atoms with Crippen LogP contribution in [0.3, 0.4) is 0 Å². The van der Waals surface area contributed by atoms with Gasteiger partial charge in [-0.15, -0.1) is 0 Å². The van der Waals surface area contributed by atoms with Gasteiger partial charge in [-0.3, -0.25) is 0 Å². The molecule has 1 saturated heterocycles. The Kier molecular flexibility index (Phi) is 6.87. The summed E-state index contributed by atoms with van der Waals surface area (Å²) >= 11 is -1.25. The van der Waals surface area contributed by atoms with Gasteiger partial charge in [0.25, 0.3) is 0 Å². The van der Waals surface area contributed by atoms with E-state index in [4.69, 9.17) is 14.7 Å². The minimum absolute atomic E-state index is 0.416. The van der Waals surface area contributed by atoms with Crippen molar-refractivity contribution in [2.45, 2.75) is 24.7 Å². The first-order valence-corrected chi connectivity index (χ1v) is 14.3. The number of anilines is 2. The lowest BCUT2D eigenvalue weighted by molar-refractivity contribution is 0.306. The number of hydrogen-bond acceptors (Lipinski definition) is 7. The van der Waals surface area contributed by atoms with Crippen molar-refractivity contribution in [2.24, 2.45) is 0 Å². The van der Waals surface area contributed by atoms with Crippen molar-refractivity contribution < 1.29 is 9.29 Å². The molecule has 1 atom stereocenters. The van der Waals surface area contributed by atoms with Crippen LogP contribution in [0.2, 0.25) is 0 Å². The quantitative estimate of drug-likeness (QED) is 0.309. The number of piperazine rings is 1. The molecule has 3 heterocycles. The summed E-state index contributed by atoms with van der Waals surface area (Å²) in [5.41, 5.74) is 4.43. The van der Waals surface area contributed by atoms with E-state index >= 15 is 0 Å². The summed E-state index contributed by atoms with van der Waals surface area (Å²) < 4.78 is 18.7. The number of rotatable bonds is 6. The van der Waals surface area contributed by atoms with Gasteiger partial charge >= 0.3 is 5.16 Å². The highest BCUT2D eigenvalue weighted by atomic mass is 32.2. The number of aromatic nitrogens is 2. The molecule has 7 nitrogen and oxygen atoms in total. The Labute approximate surface area is 220 Å². The second-order valence-corrected chi connectivity index (χ2v) is 10.8. The summed E-state index contributed by atoms with van der Waals surface area (Å²) in [6, 6.07) is 22.9. The van der Waals surface area contributed by atoms with Crippen LogP contribution in [0.4, 0.5) is 11.5 Å². The van der Waals surface area contributed by atoms with Gasteiger partial charge in [0.05, 0.1) is 12.2 Å². The van der Waals surface area contributed by atoms with E-state index in [1.165, 1.54) is 10.9 Å². The Morgan fingerprint density at radius 3 is 2.54 bits per heavy atom. The van der Waals surface area contributed by atoms with E-state index in [2.05, 4.69) is 63.6 Å². The van der Waals surface area contributed by atoms with Gasteiger partial charge < -0.3 is 24.4 Å². The van der Waals surface area contributed by atoms with Crippen LogP contribution < -0.4 is 19.9 Å². The van der Waals surface area contributed by atoms with E-state index in [0.717, 1.165) is 73.0 Å². The van der Waals surface area contributed by atoms with Crippen LogP contribution in [0.25, 0.3) is 10.8 Å². The largest absolute Gasteiger partial charge is 0.609 e. The van der Waals surface area contributed by atoms with Crippen molar-refractivity contribution in [3.63, 3.8) is 0 Å². The van der Waals surface area contributed by atoms with Crippen LogP contribution in [-0.4, -0.2) is 53.5 Å². The van der Waals surface area contributed by atoms with Gasteiger partial charge in [0.15, 0.2) is 0 Å². The average Bonchev–Trinajstić information content (AvgIpc) is 2.95. The van der Waals surface area contributed by atoms with Crippen LogP contribution >= 0.6 is 0 Å². The molecule has 2 aliphatic heterocycles. The third kappa shape index (κ3) is 5.09. The van der Waals surface area contributed by atoms with Crippen molar-refractivity contribution >= 4 is 33.5 Å². The molecule has 0 aliphatic carbocycles. The number of fused-ring (bicyclic) bond motifs is 2. The number of benzene rings is 3. The standard InChI is InChI=1S/C29H31N5O2S/c1-37(35)29-31-26-19-34(14-11-25(26)28(32-29)33-15-12-30-13-16-33)27-18-23(17-22-9-5-6-10-24(22)27)36-20-21-7-3-2-4-8-21/h2-10,17-18,30H,11-16,19-20H2,1H3. The van der Waals surface area contributed by atoms with Crippen molar-refractivity contribution in [3.8, 4) is 5.75 Å². The van der Waals surface area contributed by atoms with Crippen LogP contribution in [0.1, 0.15) is 16.8 Å². The van der Waals surface area contributed by atoms with Gasteiger partial charge in [0, 0.05) is 66.6 Å². The van der Waals surface area contributed by atoms with Crippen LogP contribution in [0, 0.1) is 0 Å². The van der Waals surface area contributed by atoms with Crippen molar-refractivity contribution in [2.75, 3.05) is 48.8 Å². The zero-order valence-electron chi connectivity index (χ0n) is 21.0. The molecule has 8 heteroatoms. The maximum absolute atomic E-state index is 12.5. The summed E-state index contributed by atoms with van der Waals surface area (Å²) in [7, 11) is 0. The van der Waals surface area contributed by atoms with Crippen LogP contribution in [-0.2, 0) is 30.7 Å². The fraction of sp³-hybridized carbons (Fsp3) is 0.310. The van der Waals surface area contributed by atoms with Gasteiger partial charge in [-0.25, -0.2) is 0 Å². The monoisotopic (exact) mass is 513 g/mol. The molecule has 0 amide bonds. The lowest BCUT2D eigenvalue weighted by atomic mass is 10.0. The molecule has 1 aromatic heterocycles. The molecule has 190 valence electrons. The molecule has 6 rings (SSSR count). The predicted octanol–water partition coefficient (Wildman–Crippen LogP) is 3.92.